The van der Waals surface area contributed by atoms with Crippen LogP contribution in [0.1, 0.15) is 0 Å². The third kappa shape index (κ3) is 5.87. The normalized spacial score (nSPS) is 11.4. The summed E-state index contributed by atoms with van der Waals surface area (Å²) < 4.78 is 2.33. The predicted octanol–water partition coefficient (Wildman–Crippen LogP) is 14.0. The van der Waals surface area contributed by atoms with E-state index in [0.717, 1.165) is 44.0 Å². The van der Waals surface area contributed by atoms with Crippen molar-refractivity contribution in [2.75, 3.05) is 0 Å². The van der Waals surface area contributed by atoms with Crippen molar-refractivity contribution in [3.63, 3.8) is 0 Å². The smallest absolute Gasteiger partial charge is 0.160 e. The zero-order chi connectivity index (χ0) is 35.1. The lowest BCUT2D eigenvalue weighted by Gasteiger charge is -2.13. The van der Waals surface area contributed by atoms with Gasteiger partial charge in [0.25, 0.3) is 0 Å². The molecule has 0 spiro atoms. The van der Waals surface area contributed by atoms with Gasteiger partial charge in [0, 0.05) is 21.2 Å². The number of hydrogen-bond donors (Lipinski definition) is 0. The van der Waals surface area contributed by atoms with Crippen LogP contribution in [0.25, 0.3) is 98.2 Å². The molecule has 0 saturated heterocycles. The molecule has 0 unspecified atom stereocenters. The van der Waals surface area contributed by atoms with Gasteiger partial charge in [-0.1, -0.05) is 152 Å². The minimum Gasteiger partial charge on any atom is -0.226 e. The van der Waals surface area contributed by atoms with Crippen molar-refractivity contribution in [3.8, 4) is 67.2 Å². The first-order valence-electron chi connectivity index (χ1n) is 17.9. The maximum Gasteiger partial charge on any atom is 0.160 e. The summed E-state index contributed by atoms with van der Waals surface area (Å²) in [7, 11) is 0. The molecule has 0 aliphatic carbocycles. The molecule has 0 bridgehead atoms. The maximum atomic E-state index is 5.30. The Morgan fingerprint density at radius 1 is 0.321 bits per heavy atom. The van der Waals surface area contributed by atoms with Gasteiger partial charge in [-0.2, -0.15) is 0 Å². The lowest BCUT2D eigenvalue weighted by molar-refractivity contribution is 1.24. The lowest BCUT2D eigenvalue weighted by Crippen LogP contribution is -1.94. The molecule has 10 aromatic rings. The van der Waals surface area contributed by atoms with E-state index in [9.17, 15) is 0 Å². The standard InChI is InChI=1S/C50H32N2S/c1-4-14-33(15-5-1)42-28-43(34-16-6-2-7-17-34)30-44(29-42)38-24-12-22-36(26-38)37-23-13-25-41(27-37)50-51-47(35-18-8-3-9-19-35)49-48(52-50)45-31-39-20-10-11-21-40(39)32-46(45)53-49/h1-32H. The molecule has 0 saturated carbocycles. The minimum atomic E-state index is 0.727. The molecular weight excluding hydrogens is 661 g/mol. The summed E-state index contributed by atoms with van der Waals surface area (Å²) in [5.74, 6) is 0.727. The van der Waals surface area contributed by atoms with Gasteiger partial charge in [0.1, 0.15) is 0 Å². The van der Waals surface area contributed by atoms with Crippen LogP contribution in [0, 0.1) is 0 Å². The first-order chi connectivity index (χ1) is 26.2. The van der Waals surface area contributed by atoms with Crippen LogP contribution < -0.4 is 0 Å². The quantitative estimate of drug-likeness (QED) is 0.173. The highest BCUT2D eigenvalue weighted by molar-refractivity contribution is 7.26. The average molecular weight is 693 g/mol. The summed E-state index contributed by atoms with van der Waals surface area (Å²) in [5, 5.41) is 3.62. The van der Waals surface area contributed by atoms with E-state index in [0.29, 0.717) is 0 Å². The average Bonchev–Trinajstić information content (AvgIpc) is 3.60. The zero-order valence-corrected chi connectivity index (χ0v) is 29.6. The SMILES string of the molecule is c1ccc(-c2cc(-c3ccccc3)cc(-c3cccc(-c4cccc(-c5nc(-c6ccccc6)c6sc7cc8ccccc8cc7c6n5)c4)c3)c2)cc1. The lowest BCUT2D eigenvalue weighted by atomic mass is 9.92. The van der Waals surface area contributed by atoms with E-state index in [1.807, 2.05) is 0 Å². The number of thiophene rings is 1. The molecule has 0 fully saturated rings. The van der Waals surface area contributed by atoms with Gasteiger partial charge >= 0.3 is 0 Å². The fraction of sp³-hybridized carbons (Fsp3) is 0. The van der Waals surface area contributed by atoms with Gasteiger partial charge in [-0.25, -0.2) is 9.97 Å². The Kier molecular flexibility index (Phi) is 7.71. The molecule has 10 rings (SSSR count). The zero-order valence-electron chi connectivity index (χ0n) is 28.8. The van der Waals surface area contributed by atoms with Crippen LogP contribution in [0.2, 0.25) is 0 Å². The summed E-state index contributed by atoms with van der Waals surface area (Å²) in [4.78, 5) is 10.6. The van der Waals surface area contributed by atoms with E-state index in [1.54, 1.807) is 11.3 Å². The number of hydrogen-bond acceptors (Lipinski definition) is 3. The molecule has 248 valence electrons. The summed E-state index contributed by atoms with van der Waals surface area (Å²) in [5.41, 5.74) is 13.5. The largest absolute Gasteiger partial charge is 0.226 e. The molecule has 0 aliphatic heterocycles. The first kappa shape index (κ1) is 31.1. The van der Waals surface area contributed by atoms with Crippen LogP contribution >= 0.6 is 11.3 Å². The summed E-state index contributed by atoms with van der Waals surface area (Å²) in [6.07, 6.45) is 0. The third-order valence-electron chi connectivity index (χ3n) is 10.0. The molecule has 0 N–H and O–H groups in total. The van der Waals surface area contributed by atoms with Crippen LogP contribution in [0.5, 0.6) is 0 Å². The second kappa shape index (κ2) is 13.1. The fourth-order valence-electron chi connectivity index (χ4n) is 7.35. The van der Waals surface area contributed by atoms with Crippen molar-refractivity contribution in [1.29, 1.82) is 0 Å². The van der Waals surface area contributed by atoms with Crippen LogP contribution in [-0.2, 0) is 0 Å². The Balaban J connectivity index is 1.10. The van der Waals surface area contributed by atoms with Gasteiger partial charge in [0.05, 0.1) is 15.9 Å². The second-order valence-corrected chi connectivity index (χ2v) is 14.5. The number of aromatic nitrogens is 2. The predicted molar refractivity (Wildman–Crippen MR) is 225 cm³/mol. The molecule has 2 aromatic heterocycles. The third-order valence-corrected chi connectivity index (χ3v) is 11.2. The van der Waals surface area contributed by atoms with Crippen LogP contribution in [0.3, 0.4) is 0 Å². The monoisotopic (exact) mass is 692 g/mol. The molecular formula is C50H32N2S. The van der Waals surface area contributed by atoms with Gasteiger partial charge in [0.15, 0.2) is 5.82 Å². The van der Waals surface area contributed by atoms with E-state index in [1.165, 1.54) is 54.2 Å². The molecule has 3 heteroatoms. The Labute approximate surface area is 312 Å². The second-order valence-electron chi connectivity index (χ2n) is 13.4. The fourth-order valence-corrected chi connectivity index (χ4v) is 8.54. The van der Waals surface area contributed by atoms with E-state index in [4.69, 9.17) is 9.97 Å². The number of benzene rings is 8. The van der Waals surface area contributed by atoms with Gasteiger partial charge in [-0.3, -0.25) is 0 Å². The highest BCUT2D eigenvalue weighted by atomic mass is 32.1. The minimum absolute atomic E-state index is 0.727. The van der Waals surface area contributed by atoms with E-state index >= 15 is 0 Å². The van der Waals surface area contributed by atoms with Gasteiger partial charge in [-0.05, 0) is 97.7 Å². The van der Waals surface area contributed by atoms with E-state index in [-0.39, 0.29) is 0 Å². The highest BCUT2D eigenvalue weighted by Crippen LogP contribution is 2.41. The van der Waals surface area contributed by atoms with Crippen LogP contribution in [-0.4, -0.2) is 9.97 Å². The molecule has 2 nitrogen and oxygen atoms in total. The molecule has 53 heavy (non-hydrogen) atoms. The van der Waals surface area contributed by atoms with Gasteiger partial charge in [-0.15, -0.1) is 11.3 Å². The molecule has 2 heterocycles. The summed E-state index contributed by atoms with van der Waals surface area (Å²) in [6, 6.07) is 69.3. The molecule has 0 radical (unpaired) electrons. The van der Waals surface area contributed by atoms with Gasteiger partial charge in [0.2, 0.25) is 0 Å². The van der Waals surface area contributed by atoms with Crippen LogP contribution in [0.15, 0.2) is 194 Å². The highest BCUT2D eigenvalue weighted by Gasteiger charge is 2.18. The molecule has 0 aliphatic rings. The van der Waals surface area contributed by atoms with Crippen molar-refractivity contribution in [2.45, 2.75) is 0 Å². The molecule has 0 amide bonds. The number of rotatable bonds is 6. The summed E-state index contributed by atoms with van der Waals surface area (Å²) >= 11 is 1.78. The maximum absolute atomic E-state index is 5.30. The molecule has 8 aromatic carbocycles. The van der Waals surface area contributed by atoms with Crippen molar-refractivity contribution in [2.24, 2.45) is 0 Å². The Bertz CT molecular complexity index is 2870. The summed E-state index contributed by atoms with van der Waals surface area (Å²) in [6.45, 7) is 0. The van der Waals surface area contributed by atoms with Crippen molar-refractivity contribution < 1.29 is 0 Å². The Morgan fingerprint density at radius 3 is 1.36 bits per heavy atom. The Morgan fingerprint density at radius 2 is 0.755 bits per heavy atom. The van der Waals surface area contributed by atoms with E-state index < -0.39 is 0 Å². The topological polar surface area (TPSA) is 25.8 Å². The van der Waals surface area contributed by atoms with E-state index in [2.05, 4.69) is 194 Å². The van der Waals surface area contributed by atoms with Gasteiger partial charge < -0.3 is 0 Å². The van der Waals surface area contributed by atoms with Crippen molar-refractivity contribution in [1.82, 2.24) is 9.97 Å². The molecule has 0 atom stereocenters. The first-order valence-corrected chi connectivity index (χ1v) is 18.7. The number of fused-ring (bicyclic) bond motifs is 4. The van der Waals surface area contributed by atoms with Crippen molar-refractivity contribution in [3.05, 3.63) is 194 Å². The van der Waals surface area contributed by atoms with Crippen molar-refractivity contribution >= 4 is 42.4 Å². The Hall–Kier alpha value is -6.68. The number of nitrogens with zero attached hydrogens (tertiary/aromatic N) is 2. The van der Waals surface area contributed by atoms with Crippen LogP contribution in [0.4, 0.5) is 0 Å².